The zero-order chi connectivity index (χ0) is 30.1. The van der Waals surface area contributed by atoms with Crippen LogP contribution in [0, 0.1) is 17.1 Å². The number of nitrogens with zero attached hydrogens (tertiary/aromatic N) is 6. The number of rotatable bonds is 7. The average Bonchev–Trinajstić information content (AvgIpc) is 3.47. The van der Waals surface area contributed by atoms with Crippen LogP contribution in [0.3, 0.4) is 0 Å². The second-order valence-corrected chi connectivity index (χ2v) is 11.7. The number of hydrogen-bond donors (Lipinski definition) is 2. The molecule has 2 aromatic heterocycles. The van der Waals surface area contributed by atoms with E-state index >= 15 is 0 Å². The van der Waals surface area contributed by atoms with Gasteiger partial charge in [0.2, 0.25) is 0 Å². The average molecular weight is 645 g/mol. The first kappa shape index (κ1) is 31.1. The predicted molar refractivity (Wildman–Crippen MR) is 162 cm³/mol. The van der Waals surface area contributed by atoms with Gasteiger partial charge in [0.25, 0.3) is 5.56 Å². The van der Waals surface area contributed by atoms with Crippen LogP contribution >= 0.6 is 12.4 Å². The Bertz CT molecular complexity index is 1900. The van der Waals surface area contributed by atoms with Crippen LogP contribution in [0.2, 0.25) is 0 Å². The number of halogens is 3. The van der Waals surface area contributed by atoms with E-state index in [9.17, 15) is 27.3 Å². The van der Waals surface area contributed by atoms with Crippen LogP contribution in [-0.4, -0.2) is 72.7 Å². The normalized spacial score (nSPS) is 17.2. The summed E-state index contributed by atoms with van der Waals surface area (Å²) in [6.45, 7) is 3.03. The first-order chi connectivity index (χ1) is 20.7. The van der Waals surface area contributed by atoms with Crippen LogP contribution in [0.4, 0.5) is 20.3 Å². The highest BCUT2D eigenvalue weighted by Gasteiger charge is 2.32. The Morgan fingerprint density at radius 2 is 1.89 bits per heavy atom. The van der Waals surface area contributed by atoms with Crippen LogP contribution in [0.5, 0.6) is 11.5 Å². The number of hydrogen-bond acceptors (Lipinski definition) is 9. The van der Waals surface area contributed by atoms with Gasteiger partial charge in [-0.25, -0.2) is 18.7 Å². The molecule has 2 saturated heterocycles. The van der Waals surface area contributed by atoms with Crippen molar-refractivity contribution in [3.63, 3.8) is 0 Å². The van der Waals surface area contributed by atoms with Crippen LogP contribution in [0.15, 0.2) is 59.8 Å². The Labute approximate surface area is 257 Å². The molecule has 0 bridgehead atoms. The van der Waals surface area contributed by atoms with E-state index in [1.54, 1.807) is 18.3 Å². The fourth-order valence-electron chi connectivity index (χ4n) is 5.03. The largest absolute Gasteiger partial charge is 0.453 e. The Balaban J connectivity index is 0.00000384. The lowest BCUT2D eigenvalue weighted by Gasteiger charge is -2.28. The third kappa shape index (κ3) is 6.15. The minimum Gasteiger partial charge on any atom is -0.453 e. The molecule has 0 amide bonds. The summed E-state index contributed by atoms with van der Waals surface area (Å²) in [5, 5.41) is 13.3. The van der Waals surface area contributed by atoms with E-state index < -0.39 is 39.1 Å². The number of piperazine rings is 1. The van der Waals surface area contributed by atoms with E-state index in [0.29, 0.717) is 11.2 Å². The molecule has 0 saturated carbocycles. The molecule has 44 heavy (non-hydrogen) atoms. The van der Waals surface area contributed by atoms with E-state index in [1.165, 1.54) is 29.1 Å². The summed E-state index contributed by atoms with van der Waals surface area (Å²) in [5.74, 6) is -0.645. The maximum absolute atomic E-state index is 14.9. The number of fused-ring (bicyclic) bond motifs is 1. The van der Waals surface area contributed by atoms with Crippen molar-refractivity contribution in [1.82, 2.24) is 24.2 Å². The molecule has 1 atom stereocenters. The van der Waals surface area contributed by atoms with Gasteiger partial charge in [-0.1, -0.05) is 0 Å². The van der Waals surface area contributed by atoms with E-state index in [2.05, 4.69) is 24.9 Å². The standard InChI is InChI=1S/C28H26F2N8O4S.ClH/c29-18-7-10-37(16-18)43(40,41)35-25-5-3-23(30)27(22(25)14-31)42-20-2-4-24-21(13-20)28(39)38(17-34-24)19-1-6-26(33-15-19)36-11-8-32-9-12-36;/h1-6,13,15,17-18,32,35H,7-12,16H2;1H. The first-order valence-electron chi connectivity index (χ1n) is 13.5. The molecule has 4 heterocycles. The van der Waals surface area contributed by atoms with Crippen LogP contribution in [-0.2, 0) is 10.2 Å². The highest BCUT2D eigenvalue weighted by molar-refractivity contribution is 7.90. The number of nitriles is 1. The minimum atomic E-state index is -4.20. The summed E-state index contributed by atoms with van der Waals surface area (Å²) in [6.07, 6.45) is 1.74. The fraction of sp³-hybridized carbons (Fsp3) is 0.286. The first-order valence-corrected chi connectivity index (χ1v) is 14.9. The van der Waals surface area contributed by atoms with Crippen LogP contribution in [0.1, 0.15) is 12.0 Å². The van der Waals surface area contributed by atoms with Crippen molar-refractivity contribution < 1.29 is 21.9 Å². The number of anilines is 2. The summed E-state index contributed by atoms with van der Waals surface area (Å²) < 4.78 is 64.2. The van der Waals surface area contributed by atoms with Gasteiger partial charge in [-0.15, -0.1) is 12.4 Å². The number of benzene rings is 2. The van der Waals surface area contributed by atoms with E-state index in [4.69, 9.17) is 4.74 Å². The lowest BCUT2D eigenvalue weighted by atomic mass is 10.1. The second-order valence-electron chi connectivity index (χ2n) is 10.1. The molecule has 4 aromatic rings. The molecule has 2 aromatic carbocycles. The number of alkyl halides is 1. The van der Waals surface area contributed by atoms with Crippen molar-refractivity contribution >= 4 is 45.0 Å². The number of nitrogens with one attached hydrogen (secondary N) is 2. The summed E-state index contributed by atoms with van der Waals surface area (Å²) in [5.41, 5.74) is -0.217. The van der Waals surface area contributed by atoms with Gasteiger partial charge in [0.15, 0.2) is 11.6 Å². The molecule has 2 fully saturated rings. The van der Waals surface area contributed by atoms with Crippen LogP contribution in [0.25, 0.3) is 16.6 Å². The van der Waals surface area contributed by atoms with Crippen molar-refractivity contribution in [3.8, 4) is 23.3 Å². The maximum atomic E-state index is 14.9. The predicted octanol–water partition coefficient (Wildman–Crippen LogP) is 3.12. The van der Waals surface area contributed by atoms with E-state index in [-0.39, 0.29) is 48.7 Å². The van der Waals surface area contributed by atoms with Crippen molar-refractivity contribution in [3.05, 3.63) is 76.7 Å². The minimum absolute atomic E-state index is 0. The quantitative estimate of drug-likeness (QED) is 0.310. The van der Waals surface area contributed by atoms with E-state index in [1.807, 2.05) is 6.07 Å². The van der Waals surface area contributed by atoms with Gasteiger partial charge in [-0.05, 0) is 48.9 Å². The van der Waals surface area contributed by atoms with Gasteiger partial charge < -0.3 is 15.0 Å². The lowest BCUT2D eigenvalue weighted by molar-refractivity contribution is 0.343. The Morgan fingerprint density at radius 1 is 1.09 bits per heavy atom. The molecule has 2 N–H and O–H groups in total. The van der Waals surface area contributed by atoms with Crippen molar-refractivity contribution in [2.24, 2.45) is 0 Å². The van der Waals surface area contributed by atoms with Gasteiger partial charge in [-0.2, -0.15) is 18.0 Å². The van der Waals surface area contributed by atoms with Gasteiger partial charge in [-0.3, -0.25) is 14.1 Å². The molecule has 2 aliphatic heterocycles. The number of ether oxygens (including phenoxy) is 1. The third-order valence-corrected chi connectivity index (χ3v) is 8.78. The highest BCUT2D eigenvalue weighted by atomic mass is 35.5. The smallest absolute Gasteiger partial charge is 0.301 e. The molecule has 12 nitrogen and oxygen atoms in total. The highest BCUT2D eigenvalue weighted by Crippen LogP contribution is 2.34. The molecule has 0 aliphatic carbocycles. The molecular formula is C28H27ClF2N8O4S. The topological polar surface area (TPSA) is 145 Å². The molecular weight excluding hydrogens is 618 g/mol. The summed E-state index contributed by atoms with van der Waals surface area (Å²) in [7, 11) is -4.20. The lowest BCUT2D eigenvalue weighted by Crippen LogP contribution is -2.43. The SMILES string of the molecule is Cl.N#Cc1c(NS(=O)(=O)N2CCC(F)C2)ccc(F)c1Oc1ccc2ncn(-c3ccc(N4CCNCC4)nc3)c(=O)c2c1. The summed E-state index contributed by atoms with van der Waals surface area (Å²) in [4.78, 5) is 24.5. The molecule has 230 valence electrons. The fourth-order valence-corrected chi connectivity index (χ4v) is 6.31. The molecule has 2 aliphatic rings. The second kappa shape index (κ2) is 12.7. The van der Waals surface area contributed by atoms with Gasteiger partial charge in [0.05, 0.1) is 28.5 Å². The Morgan fingerprint density at radius 3 is 2.57 bits per heavy atom. The molecule has 0 radical (unpaired) electrons. The third-order valence-electron chi connectivity index (χ3n) is 7.29. The molecule has 0 spiro atoms. The summed E-state index contributed by atoms with van der Waals surface area (Å²) >= 11 is 0. The molecule has 1 unspecified atom stereocenters. The van der Waals surface area contributed by atoms with Gasteiger partial charge >= 0.3 is 10.2 Å². The van der Waals surface area contributed by atoms with E-state index in [0.717, 1.165) is 48.4 Å². The monoisotopic (exact) mass is 644 g/mol. The Hall–Kier alpha value is -4.36. The van der Waals surface area contributed by atoms with Gasteiger partial charge in [0.1, 0.15) is 35.7 Å². The van der Waals surface area contributed by atoms with Crippen molar-refractivity contribution in [2.75, 3.05) is 48.9 Å². The molecule has 6 rings (SSSR count). The van der Waals surface area contributed by atoms with Crippen molar-refractivity contribution in [2.45, 2.75) is 12.6 Å². The van der Waals surface area contributed by atoms with Crippen LogP contribution < -0.4 is 25.2 Å². The summed E-state index contributed by atoms with van der Waals surface area (Å²) in [6, 6.07) is 11.8. The van der Waals surface area contributed by atoms with Crippen molar-refractivity contribution in [1.29, 1.82) is 5.26 Å². The maximum Gasteiger partial charge on any atom is 0.301 e. The number of aromatic nitrogens is 3. The molecule has 16 heteroatoms. The van der Waals surface area contributed by atoms with Gasteiger partial charge in [0, 0.05) is 39.3 Å². The number of pyridine rings is 1. The Kier molecular flexibility index (Phi) is 8.97. The zero-order valence-electron chi connectivity index (χ0n) is 23.1. The zero-order valence-corrected chi connectivity index (χ0v) is 24.7.